The van der Waals surface area contributed by atoms with E-state index in [1.165, 1.54) is 0 Å². The average Bonchev–Trinajstić information content (AvgIpc) is 2.61. The van der Waals surface area contributed by atoms with Crippen molar-refractivity contribution in [3.8, 4) is 17.4 Å². The molecular formula is C19H24N2O4. The van der Waals surface area contributed by atoms with Gasteiger partial charge in [0.25, 0.3) is 5.91 Å². The normalized spacial score (nSPS) is 10.4. The van der Waals surface area contributed by atoms with Gasteiger partial charge in [0.1, 0.15) is 5.56 Å². The Morgan fingerprint density at radius 1 is 1.16 bits per heavy atom. The van der Waals surface area contributed by atoms with Gasteiger partial charge in [-0.3, -0.25) is 4.79 Å². The quantitative estimate of drug-likeness (QED) is 0.797. The van der Waals surface area contributed by atoms with E-state index in [-0.39, 0.29) is 12.0 Å². The summed E-state index contributed by atoms with van der Waals surface area (Å²) in [5, 5.41) is 2.90. The van der Waals surface area contributed by atoms with Gasteiger partial charge in [0.05, 0.1) is 20.3 Å². The highest BCUT2D eigenvalue weighted by Gasteiger charge is 2.14. The number of nitrogens with zero attached hydrogens (tertiary/aromatic N) is 1. The second kappa shape index (κ2) is 8.92. The lowest BCUT2D eigenvalue weighted by Gasteiger charge is -2.13. The molecule has 0 fully saturated rings. The van der Waals surface area contributed by atoms with Gasteiger partial charge in [-0.2, -0.15) is 0 Å². The smallest absolute Gasteiger partial charge is 0.256 e. The van der Waals surface area contributed by atoms with Crippen molar-refractivity contribution in [1.82, 2.24) is 10.3 Å². The lowest BCUT2D eigenvalue weighted by Crippen LogP contribution is -2.27. The van der Waals surface area contributed by atoms with Gasteiger partial charge in [0, 0.05) is 12.7 Å². The van der Waals surface area contributed by atoms with Crippen molar-refractivity contribution in [1.29, 1.82) is 0 Å². The van der Waals surface area contributed by atoms with Gasteiger partial charge in [0.2, 0.25) is 5.88 Å². The van der Waals surface area contributed by atoms with Gasteiger partial charge in [-0.15, -0.1) is 0 Å². The Bertz CT molecular complexity index is 716. The van der Waals surface area contributed by atoms with Crippen LogP contribution in [0.5, 0.6) is 17.4 Å². The summed E-state index contributed by atoms with van der Waals surface area (Å²) >= 11 is 0. The van der Waals surface area contributed by atoms with E-state index in [0.717, 1.165) is 5.56 Å². The number of ether oxygens (including phenoxy) is 3. The van der Waals surface area contributed by atoms with Crippen LogP contribution in [0.15, 0.2) is 36.5 Å². The highest BCUT2D eigenvalue weighted by molar-refractivity contribution is 5.96. The molecule has 1 aromatic carbocycles. The van der Waals surface area contributed by atoms with Crippen LogP contribution in [-0.2, 0) is 6.42 Å². The van der Waals surface area contributed by atoms with Crippen molar-refractivity contribution in [2.45, 2.75) is 26.4 Å². The van der Waals surface area contributed by atoms with Crippen LogP contribution in [0.3, 0.4) is 0 Å². The molecule has 134 valence electrons. The summed E-state index contributed by atoms with van der Waals surface area (Å²) in [5.74, 6) is 1.50. The molecule has 1 heterocycles. The topological polar surface area (TPSA) is 69.7 Å². The van der Waals surface area contributed by atoms with E-state index >= 15 is 0 Å². The summed E-state index contributed by atoms with van der Waals surface area (Å²) in [5.41, 5.74) is 1.48. The van der Waals surface area contributed by atoms with E-state index in [0.29, 0.717) is 35.9 Å². The zero-order valence-corrected chi connectivity index (χ0v) is 15.0. The molecule has 2 rings (SSSR count). The molecule has 0 aliphatic carbocycles. The molecule has 0 unspecified atom stereocenters. The standard InChI is InChI=1S/C19H24N2O4/c1-13(2)25-19-15(6-5-10-21-19)18(22)20-11-9-14-7-8-16(23-3)17(12-14)24-4/h5-8,10,12-13H,9,11H2,1-4H3,(H,20,22). The molecule has 0 saturated heterocycles. The molecule has 1 N–H and O–H groups in total. The number of carbonyl (C=O) groups is 1. The van der Waals surface area contributed by atoms with Crippen LogP contribution < -0.4 is 19.5 Å². The summed E-state index contributed by atoms with van der Waals surface area (Å²) in [6, 6.07) is 9.13. The molecule has 0 saturated carbocycles. The van der Waals surface area contributed by atoms with Crippen molar-refractivity contribution in [2.75, 3.05) is 20.8 Å². The molecule has 0 atom stereocenters. The number of rotatable bonds is 8. The van der Waals surface area contributed by atoms with Gasteiger partial charge in [-0.25, -0.2) is 4.98 Å². The number of hydrogen-bond acceptors (Lipinski definition) is 5. The number of aromatic nitrogens is 1. The average molecular weight is 344 g/mol. The molecule has 25 heavy (non-hydrogen) atoms. The number of methoxy groups -OCH3 is 2. The second-order valence-corrected chi connectivity index (χ2v) is 5.72. The van der Waals surface area contributed by atoms with E-state index in [4.69, 9.17) is 14.2 Å². The fraction of sp³-hybridized carbons (Fsp3) is 0.368. The van der Waals surface area contributed by atoms with E-state index in [1.807, 2.05) is 32.0 Å². The molecule has 6 heteroatoms. The van der Waals surface area contributed by atoms with Gasteiger partial charge in [-0.1, -0.05) is 6.07 Å². The van der Waals surface area contributed by atoms with Crippen molar-refractivity contribution >= 4 is 5.91 Å². The minimum atomic E-state index is -0.204. The van der Waals surface area contributed by atoms with Crippen LogP contribution in [-0.4, -0.2) is 37.8 Å². The summed E-state index contributed by atoms with van der Waals surface area (Å²) in [4.78, 5) is 16.5. The summed E-state index contributed by atoms with van der Waals surface area (Å²) in [7, 11) is 3.20. The van der Waals surface area contributed by atoms with E-state index in [1.54, 1.807) is 32.5 Å². The van der Waals surface area contributed by atoms with E-state index in [9.17, 15) is 4.79 Å². The third-order valence-corrected chi connectivity index (χ3v) is 3.51. The van der Waals surface area contributed by atoms with Crippen molar-refractivity contribution in [3.05, 3.63) is 47.7 Å². The molecule has 1 amide bonds. The largest absolute Gasteiger partial charge is 0.493 e. The molecule has 0 aliphatic rings. The van der Waals surface area contributed by atoms with E-state index < -0.39 is 0 Å². The molecule has 6 nitrogen and oxygen atoms in total. The highest BCUT2D eigenvalue weighted by Crippen LogP contribution is 2.27. The molecule has 0 spiro atoms. The summed E-state index contributed by atoms with van der Waals surface area (Å²) in [6.45, 7) is 4.28. The Kier molecular flexibility index (Phi) is 6.62. The molecule has 1 aromatic heterocycles. The number of carbonyl (C=O) groups excluding carboxylic acids is 1. The van der Waals surface area contributed by atoms with Gasteiger partial charge in [0.15, 0.2) is 11.5 Å². The Morgan fingerprint density at radius 3 is 2.60 bits per heavy atom. The predicted molar refractivity (Wildman–Crippen MR) is 95.6 cm³/mol. The number of pyridine rings is 1. The van der Waals surface area contributed by atoms with Crippen molar-refractivity contribution in [2.24, 2.45) is 0 Å². The second-order valence-electron chi connectivity index (χ2n) is 5.72. The predicted octanol–water partition coefficient (Wildman–Crippen LogP) is 2.86. The highest BCUT2D eigenvalue weighted by atomic mass is 16.5. The van der Waals surface area contributed by atoms with Crippen molar-refractivity contribution < 1.29 is 19.0 Å². The first-order chi connectivity index (χ1) is 12.0. The minimum absolute atomic E-state index is 0.0480. The van der Waals surface area contributed by atoms with Crippen LogP contribution in [0.2, 0.25) is 0 Å². The molecule has 0 radical (unpaired) electrons. The van der Waals surface area contributed by atoms with Crippen molar-refractivity contribution in [3.63, 3.8) is 0 Å². The zero-order valence-electron chi connectivity index (χ0n) is 15.0. The number of amides is 1. The number of nitrogens with one attached hydrogen (secondary N) is 1. The Morgan fingerprint density at radius 2 is 1.92 bits per heavy atom. The van der Waals surface area contributed by atoms with Crippen LogP contribution in [0.25, 0.3) is 0 Å². The molecule has 0 bridgehead atoms. The molecule has 2 aromatic rings. The van der Waals surface area contributed by atoms with Gasteiger partial charge >= 0.3 is 0 Å². The Labute approximate surface area is 148 Å². The first-order valence-corrected chi connectivity index (χ1v) is 8.16. The maximum absolute atomic E-state index is 12.4. The molecule has 0 aliphatic heterocycles. The number of hydrogen-bond donors (Lipinski definition) is 1. The van der Waals surface area contributed by atoms with Crippen LogP contribution >= 0.6 is 0 Å². The fourth-order valence-corrected chi connectivity index (χ4v) is 2.33. The monoisotopic (exact) mass is 344 g/mol. The maximum atomic E-state index is 12.4. The van der Waals surface area contributed by atoms with E-state index in [2.05, 4.69) is 10.3 Å². The maximum Gasteiger partial charge on any atom is 0.256 e. The van der Waals surface area contributed by atoms with Crippen LogP contribution in [0.4, 0.5) is 0 Å². The Balaban J connectivity index is 1.97. The summed E-state index contributed by atoms with van der Waals surface area (Å²) in [6.07, 6.45) is 2.23. The lowest BCUT2D eigenvalue weighted by molar-refractivity contribution is 0.0947. The van der Waals surface area contributed by atoms with Gasteiger partial charge in [-0.05, 0) is 50.1 Å². The molecular weight excluding hydrogens is 320 g/mol. The third kappa shape index (κ3) is 5.11. The Hall–Kier alpha value is -2.76. The van der Waals surface area contributed by atoms with Crippen LogP contribution in [0.1, 0.15) is 29.8 Å². The third-order valence-electron chi connectivity index (χ3n) is 3.51. The first kappa shape index (κ1) is 18.6. The fourth-order valence-electron chi connectivity index (χ4n) is 2.33. The first-order valence-electron chi connectivity index (χ1n) is 8.16. The van der Waals surface area contributed by atoms with Gasteiger partial charge < -0.3 is 19.5 Å². The zero-order chi connectivity index (χ0) is 18.2. The lowest BCUT2D eigenvalue weighted by atomic mass is 10.1. The minimum Gasteiger partial charge on any atom is -0.493 e. The SMILES string of the molecule is COc1ccc(CCNC(=O)c2cccnc2OC(C)C)cc1OC. The van der Waals surface area contributed by atoms with Crippen LogP contribution in [0, 0.1) is 0 Å². The summed E-state index contributed by atoms with van der Waals surface area (Å²) < 4.78 is 16.1. The number of benzene rings is 1.